The smallest absolute Gasteiger partial charge is 0.372 e. The van der Waals surface area contributed by atoms with Crippen LogP contribution in [0.4, 0.5) is 0 Å². The van der Waals surface area contributed by atoms with Crippen LogP contribution in [0, 0.1) is 0 Å². The number of ketones is 1. The Morgan fingerprint density at radius 1 is 0.643 bits per heavy atom. The topological polar surface area (TPSA) is 89.9 Å². The number of carboxylic acid groups (broad SMARTS) is 1. The highest BCUT2D eigenvalue weighted by molar-refractivity contribution is 6.32. The lowest BCUT2D eigenvalue weighted by Crippen LogP contribution is -2.16. The average Bonchev–Trinajstić information content (AvgIpc) is 2.68. The number of hydrogen-bond acceptors (Lipinski definition) is 5. The van der Waals surface area contributed by atoms with E-state index in [4.69, 9.17) is 14.6 Å². The minimum atomic E-state index is -1.52. The van der Waals surface area contributed by atoms with Gasteiger partial charge in [-0.15, -0.1) is 0 Å². The monoisotopic (exact) mass is 400 g/mol. The van der Waals surface area contributed by atoms with Gasteiger partial charge in [-0.2, -0.15) is 0 Å². The molecule has 1 N–H and O–H groups in total. The molecule has 164 valence electrons. The minimum absolute atomic E-state index is 0.137. The van der Waals surface area contributed by atoms with Gasteiger partial charge in [-0.1, -0.05) is 84.0 Å². The van der Waals surface area contributed by atoms with Crippen LogP contribution in [-0.4, -0.2) is 42.6 Å². The van der Waals surface area contributed by atoms with Gasteiger partial charge in [0.15, 0.2) is 0 Å². The third-order valence-corrected chi connectivity index (χ3v) is 4.68. The first-order valence-corrected chi connectivity index (χ1v) is 11.1. The van der Waals surface area contributed by atoms with Gasteiger partial charge in [-0.05, 0) is 6.42 Å². The highest BCUT2D eigenvalue weighted by Gasteiger charge is 2.14. The highest BCUT2D eigenvalue weighted by Crippen LogP contribution is 2.12. The number of Topliss-reactive ketones (excluding diaryl/α,β-unsaturated/α-hetero) is 1. The second kappa shape index (κ2) is 20.3. The first-order chi connectivity index (χ1) is 13.6. The Balaban J connectivity index is 3.18. The number of aliphatic carboxylic acids is 1. The van der Waals surface area contributed by atoms with Crippen molar-refractivity contribution in [3.8, 4) is 0 Å². The maximum atomic E-state index is 11.3. The summed E-state index contributed by atoms with van der Waals surface area (Å²) in [5, 5.41) is 8.41. The molecule has 28 heavy (non-hydrogen) atoms. The zero-order chi connectivity index (χ0) is 20.9. The molecule has 0 aromatic carbocycles. The van der Waals surface area contributed by atoms with Crippen molar-refractivity contribution in [2.45, 2.75) is 103 Å². The molecule has 0 unspecified atom stereocenters. The van der Waals surface area contributed by atoms with Crippen molar-refractivity contribution in [2.24, 2.45) is 0 Å². The minimum Gasteiger partial charge on any atom is -0.476 e. The summed E-state index contributed by atoms with van der Waals surface area (Å²) in [4.78, 5) is 32.5. The van der Waals surface area contributed by atoms with Crippen molar-refractivity contribution < 1.29 is 29.0 Å². The normalized spacial score (nSPS) is 10.8. The fourth-order valence-electron chi connectivity index (χ4n) is 2.93. The maximum absolute atomic E-state index is 11.3. The molecule has 0 heterocycles. The van der Waals surface area contributed by atoms with E-state index < -0.39 is 17.7 Å². The van der Waals surface area contributed by atoms with Crippen LogP contribution in [0.1, 0.15) is 103 Å². The van der Waals surface area contributed by atoms with Crippen LogP contribution in [0.25, 0.3) is 0 Å². The van der Waals surface area contributed by atoms with Crippen LogP contribution in [0.15, 0.2) is 0 Å². The van der Waals surface area contributed by atoms with Crippen molar-refractivity contribution in [2.75, 3.05) is 19.8 Å². The molecular formula is C22H40O6. The molecular weight excluding hydrogens is 360 g/mol. The standard InChI is InChI=1S/C22H40O6/c1-2-3-4-5-6-7-8-9-10-11-12-13-14-17-27-18-19-28-21(24)16-15-20(23)22(25)26/h2-19H2,1H3,(H,25,26). The van der Waals surface area contributed by atoms with Gasteiger partial charge in [0.2, 0.25) is 5.78 Å². The molecule has 6 nitrogen and oxygen atoms in total. The number of carboxylic acids is 1. The van der Waals surface area contributed by atoms with Gasteiger partial charge in [0.1, 0.15) is 6.61 Å². The molecule has 6 heteroatoms. The largest absolute Gasteiger partial charge is 0.476 e. The number of esters is 1. The second-order valence-corrected chi connectivity index (χ2v) is 7.30. The van der Waals surface area contributed by atoms with Crippen LogP contribution in [0.3, 0.4) is 0 Å². The molecule has 0 saturated heterocycles. The van der Waals surface area contributed by atoms with E-state index in [1.165, 1.54) is 70.6 Å². The lowest BCUT2D eigenvalue weighted by atomic mass is 10.0. The Morgan fingerprint density at radius 2 is 1.14 bits per heavy atom. The van der Waals surface area contributed by atoms with E-state index in [1.54, 1.807) is 0 Å². The summed E-state index contributed by atoms with van der Waals surface area (Å²) in [6.07, 6.45) is 16.5. The van der Waals surface area contributed by atoms with Crippen LogP contribution >= 0.6 is 0 Å². The average molecular weight is 401 g/mol. The van der Waals surface area contributed by atoms with Gasteiger partial charge in [-0.3, -0.25) is 9.59 Å². The molecule has 0 rings (SSSR count). The third kappa shape index (κ3) is 19.3. The molecule has 0 bridgehead atoms. The zero-order valence-corrected chi connectivity index (χ0v) is 17.7. The Bertz CT molecular complexity index is 408. The maximum Gasteiger partial charge on any atom is 0.372 e. The van der Waals surface area contributed by atoms with Crippen molar-refractivity contribution in [3.63, 3.8) is 0 Å². The highest BCUT2D eigenvalue weighted by atomic mass is 16.6. The summed E-state index contributed by atoms with van der Waals surface area (Å²) in [5.74, 6) is -3.07. The summed E-state index contributed by atoms with van der Waals surface area (Å²) < 4.78 is 10.3. The van der Waals surface area contributed by atoms with Crippen LogP contribution in [0.5, 0.6) is 0 Å². The number of ether oxygens (including phenoxy) is 2. The number of carbonyl (C=O) groups is 3. The molecule has 0 aromatic rings. The molecule has 0 aliphatic carbocycles. The number of hydrogen-bond donors (Lipinski definition) is 1. The van der Waals surface area contributed by atoms with Gasteiger partial charge in [-0.25, -0.2) is 4.79 Å². The number of rotatable bonds is 21. The van der Waals surface area contributed by atoms with Crippen LogP contribution in [-0.2, 0) is 23.9 Å². The Hall–Kier alpha value is -1.43. The Kier molecular flexibility index (Phi) is 19.3. The van der Waals surface area contributed by atoms with E-state index >= 15 is 0 Å². The predicted octanol–water partition coefficient (Wildman–Crippen LogP) is 5.07. The van der Waals surface area contributed by atoms with E-state index in [2.05, 4.69) is 6.92 Å². The van der Waals surface area contributed by atoms with E-state index in [-0.39, 0.29) is 19.4 Å². The molecule has 0 atom stereocenters. The summed E-state index contributed by atoms with van der Waals surface area (Å²) in [6.45, 7) is 3.38. The molecule has 0 saturated carbocycles. The summed E-state index contributed by atoms with van der Waals surface area (Å²) in [5.41, 5.74) is 0. The molecule has 0 spiro atoms. The van der Waals surface area contributed by atoms with Gasteiger partial charge < -0.3 is 14.6 Å². The van der Waals surface area contributed by atoms with Gasteiger partial charge in [0, 0.05) is 13.0 Å². The van der Waals surface area contributed by atoms with E-state index in [1.807, 2.05) is 0 Å². The van der Waals surface area contributed by atoms with Crippen molar-refractivity contribution in [1.29, 1.82) is 0 Å². The number of unbranched alkanes of at least 4 members (excludes halogenated alkanes) is 12. The van der Waals surface area contributed by atoms with Crippen LogP contribution in [0.2, 0.25) is 0 Å². The molecule has 0 aliphatic rings. The fraction of sp³-hybridized carbons (Fsp3) is 0.864. The van der Waals surface area contributed by atoms with Crippen molar-refractivity contribution in [1.82, 2.24) is 0 Å². The van der Waals surface area contributed by atoms with E-state index in [0.717, 1.165) is 12.8 Å². The van der Waals surface area contributed by atoms with Crippen LogP contribution < -0.4 is 0 Å². The summed E-state index contributed by atoms with van der Waals surface area (Å²) in [7, 11) is 0. The van der Waals surface area contributed by atoms with E-state index in [9.17, 15) is 14.4 Å². The van der Waals surface area contributed by atoms with E-state index in [0.29, 0.717) is 13.2 Å². The molecule has 0 aromatic heterocycles. The quantitative estimate of drug-likeness (QED) is 0.164. The molecule has 0 radical (unpaired) electrons. The third-order valence-electron chi connectivity index (χ3n) is 4.68. The van der Waals surface area contributed by atoms with Crippen molar-refractivity contribution in [3.05, 3.63) is 0 Å². The zero-order valence-electron chi connectivity index (χ0n) is 17.7. The summed E-state index contributed by atoms with van der Waals surface area (Å²) >= 11 is 0. The molecule has 0 fully saturated rings. The lowest BCUT2D eigenvalue weighted by Gasteiger charge is -2.06. The number of carbonyl (C=O) groups excluding carboxylic acids is 2. The molecule has 0 amide bonds. The Morgan fingerprint density at radius 3 is 1.64 bits per heavy atom. The second-order valence-electron chi connectivity index (χ2n) is 7.30. The van der Waals surface area contributed by atoms with Crippen molar-refractivity contribution >= 4 is 17.7 Å². The SMILES string of the molecule is CCCCCCCCCCCCCCCOCCOC(=O)CCC(=O)C(=O)O. The predicted molar refractivity (Wildman–Crippen MR) is 109 cm³/mol. The lowest BCUT2D eigenvalue weighted by molar-refractivity contribution is -0.151. The Labute approximate surface area is 170 Å². The van der Waals surface area contributed by atoms with Gasteiger partial charge in [0.05, 0.1) is 13.0 Å². The fourth-order valence-corrected chi connectivity index (χ4v) is 2.93. The van der Waals surface area contributed by atoms with Gasteiger partial charge in [0.25, 0.3) is 0 Å². The summed E-state index contributed by atoms with van der Waals surface area (Å²) in [6, 6.07) is 0. The first kappa shape index (κ1) is 26.6. The first-order valence-electron chi connectivity index (χ1n) is 11.1. The van der Waals surface area contributed by atoms with Gasteiger partial charge >= 0.3 is 11.9 Å². The molecule has 0 aliphatic heterocycles.